The molecule has 3 heterocycles. The van der Waals surface area contributed by atoms with E-state index in [4.69, 9.17) is 15.7 Å². The molecule has 1 saturated carbocycles. The van der Waals surface area contributed by atoms with E-state index in [1.807, 2.05) is 30.7 Å². The van der Waals surface area contributed by atoms with Crippen molar-refractivity contribution in [3.8, 4) is 0 Å². The van der Waals surface area contributed by atoms with Crippen LogP contribution in [0.25, 0.3) is 5.65 Å². The van der Waals surface area contributed by atoms with Gasteiger partial charge in [0.1, 0.15) is 18.7 Å². The van der Waals surface area contributed by atoms with E-state index >= 15 is 0 Å². The summed E-state index contributed by atoms with van der Waals surface area (Å²) in [6.45, 7) is 2.70. The quantitative estimate of drug-likeness (QED) is 0.554. The number of pyridine rings is 1. The Kier molecular flexibility index (Phi) is 9.86. The van der Waals surface area contributed by atoms with E-state index in [-0.39, 0.29) is 0 Å². The van der Waals surface area contributed by atoms with Crippen LogP contribution in [0, 0.1) is 0 Å². The highest BCUT2D eigenvalue weighted by atomic mass is 16.6. The Labute approximate surface area is 178 Å². The molecule has 8 nitrogen and oxygen atoms in total. The van der Waals surface area contributed by atoms with E-state index in [0.717, 1.165) is 36.1 Å². The number of rotatable bonds is 5. The molecule has 4 N–H and O–H groups in total. The number of aromatic nitrogens is 4. The van der Waals surface area contributed by atoms with Gasteiger partial charge in [-0.25, -0.2) is 4.98 Å². The molecule has 8 heteroatoms. The number of anilines is 2. The highest BCUT2D eigenvalue weighted by Gasteiger charge is 2.10. The number of hydrogen-bond acceptors (Lipinski definition) is 6. The topological polar surface area (TPSA) is 102 Å². The Balaban J connectivity index is 0.000000340. The lowest BCUT2D eigenvalue weighted by atomic mass is 10.0. The van der Waals surface area contributed by atoms with Crippen molar-refractivity contribution >= 4 is 17.3 Å². The van der Waals surface area contributed by atoms with Crippen molar-refractivity contribution in [3.63, 3.8) is 0 Å². The zero-order valence-corrected chi connectivity index (χ0v) is 18.3. The lowest BCUT2D eigenvalue weighted by Crippen LogP contribution is -2.40. The summed E-state index contributed by atoms with van der Waals surface area (Å²) in [6.07, 6.45) is 15.4. The Morgan fingerprint density at radius 1 is 1.20 bits per heavy atom. The number of hydrogen-bond donors (Lipinski definition) is 3. The maximum absolute atomic E-state index is 7.00. The number of aliphatic hydroxyl groups excluding tert-OH is 1. The lowest BCUT2D eigenvalue weighted by Gasteiger charge is -2.09. The molecule has 0 aromatic carbocycles. The van der Waals surface area contributed by atoms with Crippen LogP contribution in [-0.4, -0.2) is 33.9 Å². The van der Waals surface area contributed by atoms with Crippen molar-refractivity contribution in [1.82, 2.24) is 14.6 Å². The summed E-state index contributed by atoms with van der Waals surface area (Å²) in [5, 5.41) is 14.7. The molecule has 3 aromatic heterocycles. The van der Waals surface area contributed by atoms with Gasteiger partial charge >= 0.3 is 0 Å². The van der Waals surface area contributed by atoms with Crippen LogP contribution in [0.4, 0.5) is 11.6 Å². The van der Waals surface area contributed by atoms with Gasteiger partial charge in [-0.05, 0) is 12.5 Å². The number of nitrogen functional groups attached to an aromatic ring is 1. The van der Waals surface area contributed by atoms with Crippen LogP contribution < -0.4 is 20.6 Å². The van der Waals surface area contributed by atoms with E-state index in [9.17, 15) is 0 Å². The average Bonchev–Trinajstić information content (AvgIpc) is 3.23. The van der Waals surface area contributed by atoms with Crippen molar-refractivity contribution in [3.05, 3.63) is 47.9 Å². The minimum atomic E-state index is 0.477. The van der Waals surface area contributed by atoms with Gasteiger partial charge in [0.15, 0.2) is 5.65 Å². The van der Waals surface area contributed by atoms with Crippen molar-refractivity contribution in [2.75, 3.05) is 25.3 Å². The molecular weight excluding hydrogens is 380 g/mol. The van der Waals surface area contributed by atoms with E-state index in [1.54, 1.807) is 22.4 Å². The SMILES string of the molecule is C1CCCCC1.CCc1cnn2c(NCc3ccc[n+](OC)c3)cc(N)nc12.CO. The monoisotopic (exact) mass is 415 g/mol. The second-order valence-corrected chi connectivity index (χ2v) is 7.05. The third-order valence-corrected chi connectivity index (χ3v) is 4.97. The van der Waals surface area contributed by atoms with E-state index in [2.05, 4.69) is 22.3 Å². The number of aryl methyl sites for hydroxylation is 1. The summed E-state index contributed by atoms with van der Waals surface area (Å²) in [5.74, 6) is 1.29. The zero-order valence-electron chi connectivity index (χ0n) is 18.3. The second kappa shape index (κ2) is 12.6. The Bertz CT molecular complexity index is 881. The van der Waals surface area contributed by atoms with E-state index in [1.165, 1.54) is 38.5 Å². The normalized spacial score (nSPS) is 12.9. The van der Waals surface area contributed by atoms with Gasteiger partial charge in [0.05, 0.1) is 6.20 Å². The van der Waals surface area contributed by atoms with Gasteiger partial charge in [-0.2, -0.15) is 9.61 Å². The van der Waals surface area contributed by atoms with Gasteiger partial charge < -0.3 is 16.2 Å². The number of nitrogens with one attached hydrogen (secondary N) is 1. The fourth-order valence-corrected chi connectivity index (χ4v) is 3.37. The highest BCUT2D eigenvalue weighted by Crippen LogP contribution is 2.18. The Hall–Kier alpha value is -2.87. The Morgan fingerprint density at radius 3 is 2.47 bits per heavy atom. The summed E-state index contributed by atoms with van der Waals surface area (Å²) in [6, 6.07) is 5.73. The predicted octanol–water partition coefficient (Wildman–Crippen LogP) is 2.78. The second-order valence-electron chi connectivity index (χ2n) is 7.05. The smallest absolute Gasteiger partial charge is 0.227 e. The highest BCUT2D eigenvalue weighted by molar-refractivity contribution is 5.58. The fourth-order valence-electron chi connectivity index (χ4n) is 3.37. The molecule has 1 aliphatic rings. The molecule has 4 rings (SSSR count). The third-order valence-electron chi connectivity index (χ3n) is 4.97. The van der Waals surface area contributed by atoms with E-state index < -0.39 is 0 Å². The summed E-state index contributed by atoms with van der Waals surface area (Å²) in [7, 11) is 2.63. The first-order valence-electron chi connectivity index (χ1n) is 10.6. The summed E-state index contributed by atoms with van der Waals surface area (Å²) in [4.78, 5) is 9.52. The van der Waals surface area contributed by atoms with Crippen molar-refractivity contribution in [1.29, 1.82) is 0 Å². The molecule has 0 aliphatic heterocycles. The fraction of sp³-hybridized carbons (Fsp3) is 0.500. The van der Waals surface area contributed by atoms with Crippen LogP contribution in [0.2, 0.25) is 0 Å². The summed E-state index contributed by atoms with van der Waals surface area (Å²) >= 11 is 0. The minimum Gasteiger partial charge on any atom is -0.400 e. The molecule has 1 fully saturated rings. The number of fused-ring (bicyclic) bond motifs is 1. The molecule has 0 saturated heterocycles. The summed E-state index contributed by atoms with van der Waals surface area (Å²) < 4.78 is 3.43. The van der Waals surface area contributed by atoms with E-state index in [0.29, 0.717) is 12.4 Å². The summed E-state index contributed by atoms with van der Waals surface area (Å²) in [5.41, 5.74) is 8.86. The van der Waals surface area contributed by atoms with Crippen LogP contribution in [0.3, 0.4) is 0 Å². The first-order chi connectivity index (χ1) is 14.7. The van der Waals surface area contributed by atoms with Gasteiger partial charge in [0.2, 0.25) is 12.4 Å². The minimum absolute atomic E-state index is 0.477. The molecule has 0 amide bonds. The number of aliphatic hydroxyl groups is 1. The van der Waals surface area contributed by atoms with Crippen LogP contribution >= 0.6 is 0 Å². The van der Waals surface area contributed by atoms with Gasteiger partial charge in [-0.15, -0.1) is 0 Å². The third kappa shape index (κ3) is 6.59. The zero-order chi connectivity index (χ0) is 21.8. The number of nitrogens with two attached hydrogens (primary N) is 1. The first kappa shape index (κ1) is 23.4. The molecule has 164 valence electrons. The lowest BCUT2D eigenvalue weighted by molar-refractivity contribution is -0.885. The molecule has 0 bridgehead atoms. The molecule has 0 radical (unpaired) electrons. The van der Waals surface area contributed by atoms with Gasteiger partial charge in [-0.1, -0.05) is 45.4 Å². The van der Waals surface area contributed by atoms with Gasteiger partial charge in [0.25, 0.3) is 0 Å². The molecule has 0 atom stereocenters. The van der Waals surface area contributed by atoms with Crippen LogP contribution in [0.5, 0.6) is 0 Å². The molecule has 1 aliphatic carbocycles. The predicted molar refractivity (Wildman–Crippen MR) is 119 cm³/mol. The van der Waals surface area contributed by atoms with Crippen LogP contribution in [0.1, 0.15) is 56.6 Å². The van der Waals surface area contributed by atoms with Gasteiger partial charge in [0, 0.05) is 41.6 Å². The molecule has 30 heavy (non-hydrogen) atoms. The standard InChI is InChI=1S/C15H19N6O.C6H12.CH4O/c1-3-12-9-18-21-14(7-13(16)19-15(12)21)17-8-11-5-4-6-20(10-11)22-2;1-2-4-6-5-3-1;1-2/h4-7,9-10,17H,3,8H2,1-2H3,(H2,16,19);1-6H2;2H,1H3/q+1;;. The Morgan fingerprint density at radius 2 is 1.87 bits per heavy atom. The molecular formula is C22H35N6O2+. The maximum Gasteiger partial charge on any atom is 0.227 e. The van der Waals surface area contributed by atoms with Crippen LogP contribution in [0.15, 0.2) is 36.8 Å². The largest absolute Gasteiger partial charge is 0.400 e. The number of nitrogens with zero attached hydrogens (tertiary/aromatic N) is 4. The average molecular weight is 416 g/mol. The van der Waals surface area contributed by atoms with Crippen molar-refractivity contribution in [2.24, 2.45) is 0 Å². The first-order valence-corrected chi connectivity index (χ1v) is 10.6. The van der Waals surface area contributed by atoms with Crippen molar-refractivity contribution in [2.45, 2.75) is 58.4 Å². The van der Waals surface area contributed by atoms with Gasteiger partial charge in [-0.3, -0.25) is 4.84 Å². The maximum atomic E-state index is 7.00. The molecule has 0 spiro atoms. The van der Waals surface area contributed by atoms with Crippen molar-refractivity contribution < 1.29 is 14.7 Å². The molecule has 0 unspecified atom stereocenters. The molecule has 3 aromatic rings. The van der Waals surface area contributed by atoms with Crippen LogP contribution in [-0.2, 0) is 13.0 Å².